The average molecular weight is 269 g/mol. The van der Waals surface area contributed by atoms with Crippen molar-refractivity contribution in [2.75, 3.05) is 26.7 Å². The van der Waals surface area contributed by atoms with Crippen LogP contribution in [0.15, 0.2) is 0 Å². The monoisotopic (exact) mass is 269 g/mol. The molecule has 2 fully saturated rings. The second kappa shape index (κ2) is 5.46. The number of carbonyl (C=O) groups excluding carboxylic acids is 2. The first-order valence-corrected chi connectivity index (χ1v) is 6.89. The lowest BCUT2D eigenvalue weighted by Gasteiger charge is -2.59. The molecule has 0 aromatic carbocycles. The normalized spacial score (nSPS) is 32.0. The van der Waals surface area contributed by atoms with Gasteiger partial charge in [0.2, 0.25) is 0 Å². The van der Waals surface area contributed by atoms with Crippen molar-refractivity contribution >= 4 is 12.3 Å². The molecule has 0 radical (unpaired) electrons. The first-order chi connectivity index (χ1) is 9.06. The lowest BCUT2D eigenvalue weighted by atomic mass is 9.77. The van der Waals surface area contributed by atoms with Crippen LogP contribution in [0.1, 0.15) is 20.3 Å². The Labute approximate surface area is 113 Å². The maximum Gasteiger partial charge on any atom is 0.319 e. The van der Waals surface area contributed by atoms with Crippen molar-refractivity contribution in [2.24, 2.45) is 11.8 Å². The van der Waals surface area contributed by atoms with Gasteiger partial charge in [-0.05, 0) is 12.3 Å². The van der Waals surface area contributed by atoms with Gasteiger partial charge in [0.1, 0.15) is 6.29 Å². The smallest absolute Gasteiger partial charge is 0.319 e. The summed E-state index contributed by atoms with van der Waals surface area (Å²) in [5.74, 6) is 0.0586. The summed E-state index contributed by atoms with van der Waals surface area (Å²) in [6.07, 6.45) is 1.80. The molecule has 0 saturated carbocycles. The van der Waals surface area contributed by atoms with Gasteiger partial charge in [-0.25, -0.2) is 4.79 Å². The summed E-state index contributed by atoms with van der Waals surface area (Å²) in [5, 5.41) is 5.93. The summed E-state index contributed by atoms with van der Waals surface area (Å²) >= 11 is 0. The van der Waals surface area contributed by atoms with Crippen molar-refractivity contribution in [1.29, 1.82) is 0 Å². The number of hydrogen-bond acceptors (Lipinski definition) is 4. The molecule has 6 nitrogen and oxygen atoms in total. The Balaban J connectivity index is 2.23. The molecule has 2 amide bonds. The van der Waals surface area contributed by atoms with E-state index in [4.69, 9.17) is 4.74 Å². The lowest BCUT2D eigenvalue weighted by Crippen LogP contribution is -2.81. The van der Waals surface area contributed by atoms with Crippen LogP contribution < -0.4 is 10.6 Å². The van der Waals surface area contributed by atoms with Crippen LogP contribution >= 0.6 is 0 Å². The highest BCUT2D eigenvalue weighted by Gasteiger charge is 2.58. The summed E-state index contributed by atoms with van der Waals surface area (Å²) in [7, 11) is 1.62. The molecule has 2 N–H and O–H groups in total. The van der Waals surface area contributed by atoms with E-state index < -0.39 is 5.72 Å². The molecule has 2 heterocycles. The first-order valence-electron chi connectivity index (χ1n) is 6.89. The highest BCUT2D eigenvalue weighted by atomic mass is 16.5. The van der Waals surface area contributed by atoms with Gasteiger partial charge in [-0.1, -0.05) is 13.8 Å². The maximum absolute atomic E-state index is 12.0. The van der Waals surface area contributed by atoms with Crippen LogP contribution in [0.3, 0.4) is 0 Å². The van der Waals surface area contributed by atoms with Crippen LogP contribution in [0.4, 0.5) is 4.79 Å². The standard InChI is InChI=1S/C13H23N3O3/c1-9(2)10(7-17)11-13(8-15-11)16(12(18)14-3)5-4-6-19-13/h7,9-11,15H,4-6,8H2,1-3H3,(H,14,18). The number of hydrogen-bond donors (Lipinski definition) is 2. The third-order valence-corrected chi connectivity index (χ3v) is 4.17. The van der Waals surface area contributed by atoms with Crippen molar-refractivity contribution in [2.45, 2.75) is 32.0 Å². The summed E-state index contributed by atoms with van der Waals surface area (Å²) in [4.78, 5) is 25.1. The Kier molecular flexibility index (Phi) is 4.10. The molecule has 2 saturated heterocycles. The largest absolute Gasteiger partial charge is 0.352 e. The second-order valence-corrected chi connectivity index (χ2v) is 5.57. The molecule has 2 aliphatic rings. The van der Waals surface area contributed by atoms with Gasteiger partial charge in [0.05, 0.1) is 12.6 Å². The molecule has 0 aromatic rings. The molecule has 3 atom stereocenters. The summed E-state index contributed by atoms with van der Waals surface area (Å²) < 4.78 is 5.93. The highest BCUT2D eigenvalue weighted by molar-refractivity contribution is 5.75. The molecule has 3 unspecified atom stereocenters. The van der Waals surface area contributed by atoms with Gasteiger partial charge in [-0.3, -0.25) is 4.90 Å². The van der Waals surface area contributed by atoms with Gasteiger partial charge >= 0.3 is 6.03 Å². The molecule has 0 aromatic heterocycles. The molecule has 6 heteroatoms. The first kappa shape index (κ1) is 14.3. The third kappa shape index (κ3) is 2.23. The molecule has 2 rings (SSSR count). The van der Waals surface area contributed by atoms with Gasteiger partial charge in [0, 0.05) is 26.1 Å². The number of aldehydes is 1. The minimum Gasteiger partial charge on any atom is -0.352 e. The van der Waals surface area contributed by atoms with E-state index in [1.807, 2.05) is 13.8 Å². The van der Waals surface area contributed by atoms with Gasteiger partial charge < -0.3 is 20.2 Å². The Morgan fingerprint density at radius 1 is 1.58 bits per heavy atom. The fourth-order valence-corrected chi connectivity index (χ4v) is 3.00. The molecular weight excluding hydrogens is 246 g/mol. The quantitative estimate of drug-likeness (QED) is 0.717. The van der Waals surface area contributed by atoms with E-state index in [-0.39, 0.29) is 23.9 Å². The van der Waals surface area contributed by atoms with E-state index >= 15 is 0 Å². The summed E-state index contributed by atoms with van der Waals surface area (Å²) in [5.41, 5.74) is -0.659. The molecule has 108 valence electrons. The fraction of sp³-hybridized carbons (Fsp3) is 0.846. The molecular formula is C13H23N3O3. The summed E-state index contributed by atoms with van der Waals surface area (Å²) in [6, 6.07) is -0.262. The zero-order valence-electron chi connectivity index (χ0n) is 11.8. The number of ether oxygens (including phenoxy) is 1. The predicted molar refractivity (Wildman–Crippen MR) is 70.6 cm³/mol. The Bertz CT molecular complexity index is 361. The SMILES string of the molecule is CNC(=O)N1CCCOC12CNC2C(C=O)C(C)C. The topological polar surface area (TPSA) is 70.7 Å². The van der Waals surface area contributed by atoms with Crippen molar-refractivity contribution in [3.8, 4) is 0 Å². The van der Waals surface area contributed by atoms with E-state index in [0.717, 1.165) is 12.7 Å². The number of carbonyl (C=O) groups is 2. The number of nitrogens with one attached hydrogen (secondary N) is 2. The Hall–Kier alpha value is -1.14. The minimum atomic E-state index is -0.659. The number of rotatable bonds is 3. The van der Waals surface area contributed by atoms with Gasteiger partial charge in [0.15, 0.2) is 5.72 Å². The predicted octanol–water partition coefficient (Wildman–Crippen LogP) is 0.187. The zero-order valence-corrected chi connectivity index (χ0v) is 11.8. The zero-order chi connectivity index (χ0) is 14.0. The van der Waals surface area contributed by atoms with Crippen LogP contribution in [0.25, 0.3) is 0 Å². The third-order valence-electron chi connectivity index (χ3n) is 4.17. The van der Waals surface area contributed by atoms with Crippen LogP contribution in [-0.4, -0.2) is 55.7 Å². The van der Waals surface area contributed by atoms with Gasteiger partial charge in [0.25, 0.3) is 0 Å². The van der Waals surface area contributed by atoms with E-state index in [0.29, 0.717) is 19.7 Å². The van der Waals surface area contributed by atoms with Crippen LogP contribution in [0.2, 0.25) is 0 Å². The van der Waals surface area contributed by atoms with E-state index in [1.165, 1.54) is 0 Å². The van der Waals surface area contributed by atoms with E-state index in [9.17, 15) is 9.59 Å². The highest BCUT2D eigenvalue weighted by Crippen LogP contribution is 2.37. The van der Waals surface area contributed by atoms with Crippen molar-refractivity contribution < 1.29 is 14.3 Å². The van der Waals surface area contributed by atoms with E-state index in [2.05, 4.69) is 10.6 Å². The molecule has 0 aliphatic carbocycles. The maximum atomic E-state index is 12.0. The Morgan fingerprint density at radius 2 is 2.32 bits per heavy atom. The number of amides is 2. The van der Waals surface area contributed by atoms with Gasteiger partial charge in [-0.2, -0.15) is 0 Å². The van der Waals surface area contributed by atoms with Gasteiger partial charge in [-0.15, -0.1) is 0 Å². The second-order valence-electron chi connectivity index (χ2n) is 5.57. The van der Waals surface area contributed by atoms with Crippen LogP contribution in [-0.2, 0) is 9.53 Å². The van der Waals surface area contributed by atoms with Crippen LogP contribution in [0.5, 0.6) is 0 Å². The molecule has 2 aliphatic heterocycles. The lowest BCUT2D eigenvalue weighted by molar-refractivity contribution is -0.228. The minimum absolute atomic E-state index is 0.123. The van der Waals surface area contributed by atoms with Crippen molar-refractivity contribution in [3.05, 3.63) is 0 Å². The number of nitrogens with zero attached hydrogens (tertiary/aromatic N) is 1. The van der Waals surface area contributed by atoms with Crippen molar-refractivity contribution in [1.82, 2.24) is 15.5 Å². The van der Waals surface area contributed by atoms with Crippen LogP contribution in [0, 0.1) is 11.8 Å². The van der Waals surface area contributed by atoms with Crippen molar-refractivity contribution in [3.63, 3.8) is 0 Å². The molecule has 0 bridgehead atoms. The average Bonchev–Trinajstić information content (AvgIpc) is 2.41. The van der Waals surface area contributed by atoms with E-state index in [1.54, 1.807) is 11.9 Å². The number of urea groups is 1. The molecule has 19 heavy (non-hydrogen) atoms. The Morgan fingerprint density at radius 3 is 2.79 bits per heavy atom. The fourth-order valence-electron chi connectivity index (χ4n) is 3.00. The summed E-state index contributed by atoms with van der Waals surface area (Å²) in [6.45, 7) is 5.92. The molecule has 1 spiro atoms.